The minimum absolute atomic E-state index is 0.339. The van der Waals surface area contributed by atoms with Crippen LogP contribution in [0.3, 0.4) is 0 Å². The van der Waals surface area contributed by atoms with Crippen LogP contribution >= 0.6 is 15.9 Å². The minimum atomic E-state index is -0.339. The van der Waals surface area contributed by atoms with Crippen molar-refractivity contribution in [3.05, 3.63) is 59.1 Å². The summed E-state index contributed by atoms with van der Waals surface area (Å²) in [4.78, 5) is 4.05. The maximum atomic E-state index is 13.8. The Morgan fingerprint density at radius 2 is 2.00 bits per heavy atom. The van der Waals surface area contributed by atoms with Gasteiger partial charge in [0.05, 0.1) is 17.1 Å². The molecule has 0 aliphatic rings. The maximum Gasteiger partial charge on any atom is 0.147 e. The van der Waals surface area contributed by atoms with Crippen LogP contribution < -0.4 is 11.1 Å². The van der Waals surface area contributed by atoms with Gasteiger partial charge in [-0.2, -0.15) is 0 Å². The zero-order valence-corrected chi connectivity index (χ0v) is 12.0. The van der Waals surface area contributed by atoms with Gasteiger partial charge >= 0.3 is 0 Å². The van der Waals surface area contributed by atoms with E-state index in [2.05, 4.69) is 26.2 Å². The highest BCUT2D eigenvalue weighted by Crippen LogP contribution is 2.34. The Morgan fingerprint density at radius 3 is 2.80 bits per heavy atom. The Balaban J connectivity index is 2.10. The summed E-state index contributed by atoms with van der Waals surface area (Å²) in [6.07, 6.45) is 3.43. The summed E-state index contributed by atoms with van der Waals surface area (Å²) in [6, 6.07) is 10.4. The van der Waals surface area contributed by atoms with Crippen molar-refractivity contribution in [2.45, 2.75) is 0 Å². The van der Waals surface area contributed by atoms with E-state index >= 15 is 0 Å². The van der Waals surface area contributed by atoms with Crippen LogP contribution in [0, 0.1) is 5.82 Å². The molecule has 20 heavy (non-hydrogen) atoms. The Bertz CT molecular complexity index is 769. The van der Waals surface area contributed by atoms with Crippen LogP contribution in [0.2, 0.25) is 0 Å². The quantitative estimate of drug-likeness (QED) is 0.681. The van der Waals surface area contributed by atoms with Crippen LogP contribution in [0.15, 0.2) is 53.3 Å². The average Bonchev–Trinajstić information content (AvgIpc) is 2.45. The van der Waals surface area contributed by atoms with Gasteiger partial charge < -0.3 is 11.1 Å². The van der Waals surface area contributed by atoms with Gasteiger partial charge in [-0.1, -0.05) is 12.1 Å². The van der Waals surface area contributed by atoms with E-state index in [-0.39, 0.29) is 5.82 Å². The number of nitrogen functional groups attached to an aromatic ring is 1. The number of anilines is 3. The van der Waals surface area contributed by atoms with Gasteiger partial charge in [0, 0.05) is 27.6 Å². The van der Waals surface area contributed by atoms with Crippen LogP contribution in [0.5, 0.6) is 0 Å². The summed E-state index contributed by atoms with van der Waals surface area (Å²) in [5.74, 6) is -0.339. The zero-order chi connectivity index (χ0) is 14.1. The van der Waals surface area contributed by atoms with E-state index in [1.165, 1.54) is 6.07 Å². The van der Waals surface area contributed by atoms with Gasteiger partial charge in [0.15, 0.2) is 0 Å². The second-order valence-corrected chi connectivity index (χ2v) is 5.20. The van der Waals surface area contributed by atoms with Gasteiger partial charge in [-0.15, -0.1) is 0 Å². The Hall–Kier alpha value is -2.14. The molecule has 5 heteroatoms. The molecular weight excluding hydrogens is 321 g/mol. The minimum Gasteiger partial charge on any atom is -0.397 e. The van der Waals surface area contributed by atoms with Gasteiger partial charge in [0.25, 0.3) is 0 Å². The van der Waals surface area contributed by atoms with Gasteiger partial charge in [-0.3, -0.25) is 4.98 Å². The lowest BCUT2D eigenvalue weighted by Crippen LogP contribution is -1.99. The van der Waals surface area contributed by atoms with E-state index in [4.69, 9.17) is 5.73 Å². The van der Waals surface area contributed by atoms with Crippen molar-refractivity contribution < 1.29 is 4.39 Å². The fraction of sp³-hybridized carbons (Fsp3) is 0. The Morgan fingerprint density at radius 1 is 1.15 bits per heavy atom. The molecular formula is C15H11BrFN3. The summed E-state index contributed by atoms with van der Waals surface area (Å²) in [7, 11) is 0. The molecule has 3 aromatic rings. The van der Waals surface area contributed by atoms with E-state index in [1.54, 1.807) is 24.5 Å². The fourth-order valence-corrected chi connectivity index (χ4v) is 2.49. The van der Waals surface area contributed by atoms with Crippen molar-refractivity contribution in [2.24, 2.45) is 0 Å². The SMILES string of the molecule is Nc1c(Nc2c(F)cccc2Br)ccc2cnccc12. The third-order valence-electron chi connectivity index (χ3n) is 3.08. The number of hydrogen-bond donors (Lipinski definition) is 2. The average molecular weight is 332 g/mol. The molecule has 0 atom stereocenters. The topological polar surface area (TPSA) is 50.9 Å². The van der Waals surface area contributed by atoms with Gasteiger partial charge in [0.2, 0.25) is 0 Å². The van der Waals surface area contributed by atoms with E-state index in [9.17, 15) is 4.39 Å². The normalized spacial score (nSPS) is 10.7. The monoisotopic (exact) mass is 331 g/mol. The number of benzene rings is 2. The molecule has 3 nitrogen and oxygen atoms in total. The van der Waals surface area contributed by atoms with Gasteiger partial charge in [-0.05, 0) is 40.2 Å². The summed E-state index contributed by atoms with van der Waals surface area (Å²) >= 11 is 3.33. The van der Waals surface area contributed by atoms with E-state index in [1.807, 2.05) is 18.2 Å². The van der Waals surface area contributed by atoms with Crippen molar-refractivity contribution >= 4 is 43.8 Å². The van der Waals surface area contributed by atoms with Crippen LogP contribution in [-0.2, 0) is 0 Å². The predicted octanol–water partition coefficient (Wildman–Crippen LogP) is 4.46. The molecule has 3 rings (SSSR count). The predicted molar refractivity (Wildman–Crippen MR) is 83.5 cm³/mol. The number of nitrogens with one attached hydrogen (secondary N) is 1. The highest BCUT2D eigenvalue weighted by atomic mass is 79.9. The number of pyridine rings is 1. The molecule has 0 amide bonds. The second kappa shape index (κ2) is 5.09. The smallest absolute Gasteiger partial charge is 0.147 e. The molecule has 100 valence electrons. The van der Waals surface area contributed by atoms with Crippen molar-refractivity contribution in [1.29, 1.82) is 0 Å². The first kappa shape index (κ1) is 12.9. The van der Waals surface area contributed by atoms with Crippen LogP contribution in [0.25, 0.3) is 10.8 Å². The molecule has 0 unspecified atom stereocenters. The number of nitrogens with zero attached hydrogens (tertiary/aromatic N) is 1. The first-order chi connectivity index (χ1) is 9.66. The summed E-state index contributed by atoms with van der Waals surface area (Å²) in [5, 5.41) is 4.87. The number of nitrogens with two attached hydrogens (primary N) is 1. The lowest BCUT2D eigenvalue weighted by molar-refractivity contribution is 0.631. The molecule has 0 saturated carbocycles. The van der Waals surface area contributed by atoms with Gasteiger partial charge in [-0.25, -0.2) is 4.39 Å². The molecule has 0 radical (unpaired) electrons. The van der Waals surface area contributed by atoms with Crippen LogP contribution in [0.1, 0.15) is 0 Å². The highest BCUT2D eigenvalue weighted by Gasteiger charge is 2.10. The fourth-order valence-electron chi connectivity index (χ4n) is 2.05. The molecule has 0 aliphatic heterocycles. The van der Waals surface area contributed by atoms with E-state index in [0.29, 0.717) is 21.5 Å². The van der Waals surface area contributed by atoms with E-state index in [0.717, 1.165) is 10.8 Å². The van der Waals surface area contributed by atoms with Crippen LogP contribution in [-0.4, -0.2) is 4.98 Å². The standard InChI is InChI=1S/C15H11BrFN3/c16-11-2-1-3-12(17)15(11)20-13-5-4-9-8-19-7-6-10(9)14(13)18/h1-8,20H,18H2. The molecule has 0 fully saturated rings. The van der Waals surface area contributed by atoms with Crippen molar-refractivity contribution in [3.63, 3.8) is 0 Å². The molecule has 1 aromatic heterocycles. The summed E-state index contributed by atoms with van der Waals surface area (Å²) < 4.78 is 14.5. The number of fused-ring (bicyclic) bond motifs is 1. The lowest BCUT2D eigenvalue weighted by Gasteiger charge is -2.13. The third-order valence-corrected chi connectivity index (χ3v) is 3.75. The second-order valence-electron chi connectivity index (χ2n) is 4.35. The van der Waals surface area contributed by atoms with Crippen LogP contribution in [0.4, 0.5) is 21.5 Å². The number of aromatic nitrogens is 1. The maximum absolute atomic E-state index is 13.8. The molecule has 2 aromatic carbocycles. The number of halogens is 2. The number of hydrogen-bond acceptors (Lipinski definition) is 3. The third kappa shape index (κ3) is 2.20. The van der Waals surface area contributed by atoms with Crippen molar-refractivity contribution in [3.8, 4) is 0 Å². The molecule has 3 N–H and O–H groups in total. The summed E-state index contributed by atoms with van der Waals surface area (Å²) in [6.45, 7) is 0. The largest absolute Gasteiger partial charge is 0.397 e. The van der Waals surface area contributed by atoms with Crippen molar-refractivity contribution in [1.82, 2.24) is 4.98 Å². The molecule has 1 heterocycles. The van der Waals surface area contributed by atoms with Crippen molar-refractivity contribution in [2.75, 3.05) is 11.1 Å². The highest BCUT2D eigenvalue weighted by molar-refractivity contribution is 9.10. The Kier molecular flexibility index (Phi) is 3.28. The molecule has 0 aliphatic carbocycles. The first-order valence-corrected chi connectivity index (χ1v) is 6.79. The number of rotatable bonds is 2. The molecule has 0 saturated heterocycles. The lowest BCUT2D eigenvalue weighted by atomic mass is 10.1. The van der Waals surface area contributed by atoms with E-state index < -0.39 is 0 Å². The zero-order valence-electron chi connectivity index (χ0n) is 10.4. The number of para-hydroxylation sites is 1. The van der Waals surface area contributed by atoms with Gasteiger partial charge in [0.1, 0.15) is 5.82 Å². The molecule has 0 spiro atoms. The summed E-state index contributed by atoms with van der Waals surface area (Å²) in [5.41, 5.74) is 7.74. The first-order valence-electron chi connectivity index (χ1n) is 6.00. The molecule has 0 bridgehead atoms. The Labute approximate surface area is 123 Å².